The number of allylic oxidation sites excluding steroid dienone is 2. The third-order valence-electron chi connectivity index (χ3n) is 2.29. The van der Waals surface area contributed by atoms with Crippen molar-refractivity contribution in [1.29, 1.82) is 0 Å². The Bertz CT molecular complexity index is 334. The molecule has 0 heterocycles. The largest absolute Gasteiger partial charge is 0.274 e. The lowest BCUT2D eigenvalue weighted by atomic mass is 10.1. The van der Waals surface area contributed by atoms with E-state index in [1.807, 2.05) is 47.6 Å². The van der Waals surface area contributed by atoms with Crippen LogP contribution in [0.1, 0.15) is 61.3 Å². The molecular weight excluding hydrogens is 222 g/mol. The van der Waals surface area contributed by atoms with E-state index in [4.69, 9.17) is 0 Å². The van der Waals surface area contributed by atoms with Crippen LogP contribution in [0, 0.1) is 0 Å². The van der Waals surface area contributed by atoms with Crippen LogP contribution in [0.3, 0.4) is 0 Å². The van der Waals surface area contributed by atoms with Crippen LogP contribution in [-0.2, 0) is 0 Å². The molecule has 0 saturated heterocycles. The van der Waals surface area contributed by atoms with Gasteiger partial charge in [-0.05, 0) is 34.1 Å². The van der Waals surface area contributed by atoms with Gasteiger partial charge in [0.25, 0.3) is 0 Å². The van der Waals surface area contributed by atoms with Crippen molar-refractivity contribution >= 4 is 17.3 Å². The van der Waals surface area contributed by atoms with Gasteiger partial charge in [-0.15, -0.1) is 0 Å². The van der Waals surface area contributed by atoms with E-state index in [0.717, 1.165) is 35.8 Å². The second-order valence-corrected chi connectivity index (χ2v) is 3.71. The SMILES string of the molecule is C/C=C(/C)N=C(C)C(CCC)=NC(C)=NC.CC. The monoisotopic (exact) mass is 251 g/mol. The number of aliphatic imine (C=N–C) groups is 3. The molecule has 0 bridgehead atoms. The van der Waals surface area contributed by atoms with Crippen molar-refractivity contribution in [1.82, 2.24) is 0 Å². The number of rotatable bonds is 4. The van der Waals surface area contributed by atoms with Crippen molar-refractivity contribution in [3.63, 3.8) is 0 Å². The molecule has 0 aromatic heterocycles. The van der Waals surface area contributed by atoms with Gasteiger partial charge in [0.05, 0.1) is 11.4 Å². The standard InChI is InChI=1S/C13H23N3.C2H6/c1-7-9-13(16-12(5)14-6)11(4)15-10(3)8-2;1-2/h8H,7,9H2,1-6H3;1-2H3/b10-8-,14-12?,15-11?,16-13?;. The van der Waals surface area contributed by atoms with Crippen LogP contribution < -0.4 is 0 Å². The molecule has 0 aliphatic heterocycles. The van der Waals surface area contributed by atoms with Gasteiger partial charge in [0.15, 0.2) is 0 Å². The second-order valence-electron chi connectivity index (χ2n) is 3.71. The minimum Gasteiger partial charge on any atom is -0.274 e. The van der Waals surface area contributed by atoms with Crippen LogP contribution in [-0.4, -0.2) is 24.3 Å². The molecule has 3 heteroatoms. The summed E-state index contributed by atoms with van der Waals surface area (Å²) in [4.78, 5) is 13.0. The lowest BCUT2D eigenvalue weighted by Crippen LogP contribution is -2.12. The predicted octanol–water partition coefficient (Wildman–Crippen LogP) is 4.69. The van der Waals surface area contributed by atoms with Crippen molar-refractivity contribution in [2.45, 2.75) is 61.3 Å². The highest BCUT2D eigenvalue weighted by Gasteiger charge is 2.03. The van der Waals surface area contributed by atoms with Crippen molar-refractivity contribution in [3.8, 4) is 0 Å². The molecule has 3 nitrogen and oxygen atoms in total. The van der Waals surface area contributed by atoms with E-state index in [2.05, 4.69) is 21.9 Å². The zero-order chi connectivity index (χ0) is 14.6. The first-order valence-electron chi connectivity index (χ1n) is 6.74. The zero-order valence-corrected chi connectivity index (χ0v) is 13.3. The maximum absolute atomic E-state index is 4.49. The zero-order valence-electron chi connectivity index (χ0n) is 13.3. The number of nitrogens with zero attached hydrogens (tertiary/aromatic N) is 3. The van der Waals surface area contributed by atoms with Gasteiger partial charge in [-0.2, -0.15) is 0 Å². The highest BCUT2D eigenvalue weighted by Crippen LogP contribution is 2.02. The minimum atomic E-state index is 0.802. The topological polar surface area (TPSA) is 37.1 Å². The van der Waals surface area contributed by atoms with Crippen LogP contribution in [0.25, 0.3) is 0 Å². The van der Waals surface area contributed by atoms with Gasteiger partial charge in [0, 0.05) is 12.7 Å². The molecule has 0 aliphatic carbocycles. The van der Waals surface area contributed by atoms with Gasteiger partial charge in [-0.1, -0.05) is 33.3 Å². The quantitative estimate of drug-likeness (QED) is 0.513. The number of hydrogen-bond acceptors (Lipinski definition) is 2. The van der Waals surface area contributed by atoms with Crippen LogP contribution in [0.2, 0.25) is 0 Å². The average Bonchev–Trinajstić information content (AvgIpc) is 2.39. The molecule has 0 aromatic rings. The molecule has 0 radical (unpaired) electrons. The van der Waals surface area contributed by atoms with Gasteiger partial charge in [0.2, 0.25) is 0 Å². The fourth-order valence-electron chi connectivity index (χ4n) is 1.19. The third-order valence-corrected chi connectivity index (χ3v) is 2.29. The Morgan fingerprint density at radius 1 is 1.06 bits per heavy atom. The summed E-state index contributed by atoms with van der Waals surface area (Å²) in [6.45, 7) is 14.0. The van der Waals surface area contributed by atoms with E-state index in [1.54, 1.807) is 7.05 Å². The molecule has 0 aliphatic rings. The van der Waals surface area contributed by atoms with Gasteiger partial charge < -0.3 is 0 Å². The Morgan fingerprint density at radius 2 is 1.61 bits per heavy atom. The molecule has 18 heavy (non-hydrogen) atoms. The molecule has 0 saturated carbocycles. The van der Waals surface area contributed by atoms with Gasteiger partial charge >= 0.3 is 0 Å². The Labute approximate surface area is 113 Å². The molecule has 0 atom stereocenters. The maximum atomic E-state index is 4.49. The minimum absolute atomic E-state index is 0.802. The van der Waals surface area contributed by atoms with E-state index >= 15 is 0 Å². The lowest BCUT2D eigenvalue weighted by molar-refractivity contribution is 0.999. The predicted molar refractivity (Wildman–Crippen MR) is 85.3 cm³/mol. The van der Waals surface area contributed by atoms with Crippen LogP contribution in [0.4, 0.5) is 0 Å². The van der Waals surface area contributed by atoms with Crippen LogP contribution >= 0.6 is 0 Å². The molecule has 0 amide bonds. The van der Waals surface area contributed by atoms with Gasteiger partial charge in [-0.25, -0.2) is 4.99 Å². The summed E-state index contributed by atoms with van der Waals surface area (Å²) in [5.74, 6) is 0.802. The van der Waals surface area contributed by atoms with E-state index in [0.29, 0.717) is 0 Å². The summed E-state index contributed by atoms with van der Waals surface area (Å²) < 4.78 is 0. The van der Waals surface area contributed by atoms with E-state index in [-0.39, 0.29) is 0 Å². The van der Waals surface area contributed by atoms with Crippen molar-refractivity contribution < 1.29 is 0 Å². The van der Waals surface area contributed by atoms with Crippen molar-refractivity contribution in [3.05, 3.63) is 11.8 Å². The van der Waals surface area contributed by atoms with Crippen LogP contribution in [0.5, 0.6) is 0 Å². The van der Waals surface area contributed by atoms with Crippen LogP contribution in [0.15, 0.2) is 26.8 Å². The summed E-state index contributed by atoms with van der Waals surface area (Å²) in [6, 6.07) is 0. The lowest BCUT2D eigenvalue weighted by Gasteiger charge is -2.05. The molecular formula is C15H29N3. The Balaban J connectivity index is 0. The summed E-state index contributed by atoms with van der Waals surface area (Å²) >= 11 is 0. The molecule has 0 fully saturated rings. The average molecular weight is 251 g/mol. The fourth-order valence-corrected chi connectivity index (χ4v) is 1.19. The molecule has 0 N–H and O–H groups in total. The fraction of sp³-hybridized carbons (Fsp3) is 0.667. The number of hydrogen-bond donors (Lipinski definition) is 0. The Hall–Kier alpha value is -1.25. The van der Waals surface area contributed by atoms with Crippen molar-refractivity contribution in [2.75, 3.05) is 7.05 Å². The first kappa shape index (κ1) is 19.1. The van der Waals surface area contributed by atoms with E-state index in [9.17, 15) is 0 Å². The smallest absolute Gasteiger partial charge is 0.120 e. The highest BCUT2D eigenvalue weighted by molar-refractivity contribution is 6.43. The summed E-state index contributed by atoms with van der Waals surface area (Å²) in [7, 11) is 1.76. The molecule has 0 spiro atoms. The molecule has 0 unspecified atom stereocenters. The van der Waals surface area contributed by atoms with Gasteiger partial charge in [0.1, 0.15) is 5.84 Å². The molecule has 0 rings (SSSR count). The summed E-state index contributed by atoms with van der Waals surface area (Å²) in [5, 5.41) is 0. The summed E-state index contributed by atoms with van der Waals surface area (Å²) in [6.07, 6.45) is 4.00. The van der Waals surface area contributed by atoms with Crippen molar-refractivity contribution in [2.24, 2.45) is 15.0 Å². The second kappa shape index (κ2) is 12.2. The normalized spacial score (nSPS) is 14.2. The molecule has 104 valence electrons. The maximum Gasteiger partial charge on any atom is 0.120 e. The number of amidine groups is 1. The third kappa shape index (κ3) is 8.85. The Kier molecular flexibility index (Phi) is 13.0. The Morgan fingerprint density at radius 3 is 2.00 bits per heavy atom. The molecule has 0 aromatic carbocycles. The highest BCUT2D eigenvalue weighted by atomic mass is 14.9. The van der Waals surface area contributed by atoms with Gasteiger partial charge in [-0.3, -0.25) is 9.98 Å². The van der Waals surface area contributed by atoms with E-state index < -0.39 is 0 Å². The summed E-state index contributed by atoms with van der Waals surface area (Å²) in [5.41, 5.74) is 3.04. The first-order valence-corrected chi connectivity index (χ1v) is 6.74. The first-order chi connectivity index (χ1) is 8.54. The van der Waals surface area contributed by atoms with E-state index in [1.165, 1.54) is 0 Å².